The lowest BCUT2D eigenvalue weighted by molar-refractivity contribution is 0.660. The second-order valence-corrected chi connectivity index (χ2v) is 4.47. The van der Waals surface area contributed by atoms with Crippen molar-refractivity contribution in [3.05, 3.63) is 23.9 Å². The van der Waals surface area contributed by atoms with Crippen LogP contribution in [0, 0.1) is 0 Å². The first-order chi connectivity index (χ1) is 7.20. The molecule has 2 nitrogen and oxygen atoms in total. The lowest BCUT2D eigenvalue weighted by atomic mass is 10.2. The summed E-state index contributed by atoms with van der Waals surface area (Å²) in [5.74, 6) is 1.12. The number of hydrogen-bond donors (Lipinski definition) is 0. The van der Waals surface area contributed by atoms with Gasteiger partial charge in [0.25, 0.3) is 0 Å². The first kappa shape index (κ1) is 12.5. The summed E-state index contributed by atoms with van der Waals surface area (Å²) in [5, 5.41) is 0.864. The SMILES string of the molecule is CCCN(c1ncccc1CBr)C(C)C. The Morgan fingerprint density at radius 2 is 2.20 bits per heavy atom. The van der Waals surface area contributed by atoms with Gasteiger partial charge in [-0.2, -0.15) is 0 Å². The normalized spacial score (nSPS) is 10.7. The van der Waals surface area contributed by atoms with Gasteiger partial charge in [0.05, 0.1) is 0 Å². The van der Waals surface area contributed by atoms with Gasteiger partial charge < -0.3 is 4.90 Å². The molecule has 1 heterocycles. The van der Waals surface area contributed by atoms with E-state index >= 15 is 0 Å². The van der Waals surface area contributed by atoms with E-state index in [4.69, 9.17) is 0 Å². The maximum Gasteiger partial charge on any atom is 0.132 e. The van der Waals surface area contributed by atoms with Gasteiger partial charge in [0.2, 0.25) is 0 Å². The number of aromatic nitrogens is 1. The summed E-state index contributed by atoms with van der Waals surface area (Å²) < 4.78 is 0. The Balaban J connectivity index is 2.98. The first-order valence-corrected chi connectivity index (χ1v) is 6.59. The Bertz CT molecular complexity index is 299. The standard InChI is InChI=1S/C12H19BrN2/c1-4-8-15(10(2)3)12-11(9-13)6-5-7-14-12/h5-7,10H,4,8-9H2,1-3H3. The van der Waals surface area contributed by atoms with Crippen molar-refractivity contribution < 1.29 is 0 Å². The highest BCUT2D eigenvalue weighted by molar-refractivity contribution is 9.08. The van der Waals surface area contributed by atoms with Crippen LogP contribution in [-0.2, 0) is 5.33 Å². The van der Waals surface area contributed by atoms with Crippen LogP contribution in [0.25, 0.3) is 0 Å². The smallest absolute Gasteiger partial charge is 0.132 e. The molecule has 15 heavy (non-hydrogen) atoms. The lowest BCUT2D eigenvalue weighted by Gasteiger charge is -2.29. The summed E-state index contributed by atoms with van der Waals surface area (Å²) in [6.07, 6.45) is 3.02. The van der Waals surface area contributed by atoms with E-state index in [1.165, 1.54) is 5.56 Å². The second-order valence-electron chi connectivity index (χ2n) is 3.91. The van der Waals surface area contributed by atoms with Gasteiger partial charge in [-0.1, -0.05) is 28.9 Å². The first-order valence-electron chi connectivity index (χ1n) is 5.47. The zero-order valence-corrected chi connectivity index (χ0v) is 11.3. The van der Waals surface area contributed by atoms with Crippen LogP contribution in [-0.4, -0.2) is 17.6 Å². The van der Waals surface area contributed by atoms with Crippen LogP contribution in [0.1, 0.15) is 32.8 Å². The van der Waals surface area contributed by atoms with Gasteiger partial charge in [0.1, 0.15) is 5.82 Å². The van der Waals surface area contributed by atoms with Gasteiger partial charge in [-0.05, 0) is 26.3 Å². The van der Waals surface area contributed by atoms with Crippen molar-refractivity contribution in [3.63, 3.8) is 0 Å². The molecule has 0 aliphatic carbocycles. The molecular formula is C12H19BrN2. The minimum absolute atomic E-state index is 0.498. The Morgan fingerprint density at radius 3 is 2.73 bits per heavy atom. The Hall–Kier alpha value is -0.570. The summed E-state index contributed by atoms with van der Waals surface area (Å²) in [5.41, 5.74) is 1.26. The molecule has 0 amide bonds. The molecular weight excluding hydrogens is 252 g/mol. The van der Waals surface area contributed by atoms with Gasteiger partial charge in [0.15, 0.2) is 0 Å². The summed E-state index contributed by atoms with van der Waals surface area (Å²) in [6, 6.07) is 4.62. The quantitative estimate of drug-likeness (QED) is 0.761. The van der Waals surface area contributed by atoms with Crippen LogP contribution in [0.3, 0.4) is 0 Å². The molecule has 0 unspecified atom stereocenters. The molecule has 0 fully saturated rings. The van der Waals surface area contributed by atoms with Crippen molar-refractivity contribution in [3.8, 4) is 0 Å². The zero-order valence-electron chi connectivity index (χ0n) is 9.70. The van der Waals surface area contributed by atoms with Crippen molar-refractivity contribution in [2.24, 2.45) is 0 Å². The fraction of sp³-hybridized carbons (Fsp3) is 0.583. The number of halogens is 1. The zero-order chi connectivity index (χ0) is 11.3. The average Bonchev–Trinajstić information content (AvgIpc) is 2.25. The molecule has 84 valence electrons. The number of hydrogen-bond acceptors (Lipinski definition) is 2. The monoisotopic (exact) mass is 270 g/mol. The van der Waals surface area contributed by atoms with Gasteiger partial charge in [-0.3, -0.25) is 0 Å². The van der Waals surface area contributed by atoms with E-state index in [9.17, 15) is 0 Å². The summed E-state index contributed by atoms with van der Waals surface area (Å²) in [6.45, 7) is 7.69. The minimum Gasteiger partial charge on any atom is -0.354 e. The Labute approximate surface area is 101 Å². The molecule has 0 aromatic carbocycles. The number of alkyl halides is 1. The van der Waals surface area contributed by atoms with Crippen LogP contribution in [0.4, 0.5) is 5.82 Å². The number of anilines is 1. The van der Waals surface area contributed by atoms with Crippen LogP contribution in [0.2, 0.25) is 0 Å². The maximum atomic E-state index is 4.49. The van der Waals surface area contributed by atoms with E-state index in [0.29, 0.717) is 6.04 Å². The van der Waals surface area contributed by atoms with Crippen molar-refractivity contribution in [2.45, 2.75) is 38.6 Å². The fourth-order valence-electron chi connectivity index (χ4n) is 1.64. The highest BCUT2D eigenvalue weighted by atomic mass is 79.9. The van der Waals surface area contributed by atoms with E-state index in [2.05, 4.69) is 52.7 Å². The highest BCUT2D eigenvalue weighted by Gasteiger charge is 2.13. The fourth-order valence-corrected chi connectivity index (χ4v) is 2.08. The van der Waals surface area contributed by atoms with Gasteiger partial charge in [0, 0.05) is 29.7 Å². The van der Waals surface area contributed by atoms with Crippen LogP contribution < -0.4 is 4.90 Å². The van der Waals surface area contributed by atoms with Crippen LogP contribution in [0.15, 0.2) is 18.3 Å². The number of rotatable bonds is 5. The number of pyridine rings is 1. The number of nitrogens with zero attached hydrogens (tertiary/aromatic N) is 2. The van der Waals surface area contributed by atoms with E-state index in [0.717, 1.165) is 24.1 Å². The van der Waals surface area contributed by atoms with Crippen molar-refractivity contribution in [1.29, 1.82) is 0 Å². The molecule has 1 aromatic heterocycles. The van der Waals surface area contributed by atoms with Crippen molar-refractivity contribution >= 4 is 21.7 Å². The van der Waals surface area contributed by atoms with E-state index in [1.54, 1.807) is 0 Å². The molecule has 3 heteroatoms. The molecule has 0 aliphatic heterocycles. The van der Waals surface area contributed by atoms with Crippen LogP contribution >= 0.6 is 15.9 Å². The Kier molecular flexibility index (Phi) is 5.09. The molecule has 0 saturated heterocycles. The molecule has 1 aromatic rings. The van der Waals surface area contributed by atoms with Gasteiger partial charge >= 0.3 is 0 Å². The molecule has 1 rings (SSSR count). The van der Waals surface area contributed by atoms with Crippen LogP contribution in [0.5, 0.6) is 0 Å². The predicted molar refractivity (Wildman–Crippen MR) is 69.6 cm³/mol. The molecule has 0 saturated carbocycles. The Morgan fingerprint density at radius 1 is 1.47 bits per heavy atom. The molecule has 0 atom stereocenters. The third-order valence-corrected chi connectivity index (χ3v) is 2.98. The van der Waals surface area contributed by atoms with Crippen molar-refractivity contribution in [2.75, 3.05) is 11.4 Å². The van der Waals surface area contributed by atoms with Gasteiger partial charge in [-0.25, -0.2) is 4.98 Å². The maximum absolute atomic E-state index is 4.49. The minimum atomic E-state index is 0.498. The molecule has 0 radical (unpaired) electrons. The molecule has 0 aliphatic rings. The molecule has 0 spiro atoms. The summed E-state index contributed by atoms with van der Waals surface area (Å²) in [7, 11) is 0. The lowest BCUT2D eigenvalue weighted by Crippen LogP contribution is -2.32. The van der Waals surface area contributed by atoms with E-state index in [1.807, 2.05) is 12.3 Å². The predicted octanol–water partition coefficient (Wildman–Crippen LogP) is 3.60. The van der Waals surface area contributed by atoms with Gasteiger partial charge in [-0.15, -0.1) is 0 Å². The topological polar surface area (TPSA) is 16.1 Å². The van der Waals surface area contributed by atoms with Crippen molar-refractivity contribution in [1.82, 2.24) is 4.98 Å². The largest absolute Gasteiger partial charge is 0.354 e. The highest BCUT2D eigenvalue weighted by Crippen LogP contribution is 2.21. The molecule has 0 N–H and O–H groups in total. The third kappa shape index (κ3) is 3.20. The second kappa shape index (κ2) is 6.11. The summed E-state index contributed by atoms with van der Waals surface area (Å²) in [4.78, 5) is 6.84. The molecule has 0 bridgehead atoms. The average molecular weight is 271 g/mol. The van der Waals surface area contributed by atoms with E-state index < -0.39 is 0 Å². The third-order valence-electron chi connectivity index (χ3n) is 2.37. The summed E-state index contributed by atoms with van der Waals surface area (Å²) >= 11 is 3.51. The van der Waals surface area contributed by atoms with E-state index in [-0.39, 0.29) is 0 Å².